The lowest BCUT2D eigenvalue weighted by Gasteiger charge is -2.06. The van der Waals surface area contributed by atoms with Gasteiger partial charge in [0.15, 0.2) is 12.4 Å². The fourth-order valence-corrected chi connectivity index (χ4v) is 1.86. The molecule has 0 atom stereocenters. The van der Waals surface area contributed by atoms with E-state index in [0.717, 1.165) is 5.56 Å². The van der Waals surface area contributed by atoms with Gasteiger partial charge in [0.25, 0.3) is 0 Å². The lowest BCUT2D eigenvalue weighted by molar-refractivity contribution is -0.684. The predicted octanol–water partition coefficient (Wildman–Crippen LogP) is -1.85. The van der Waals surface area contributed by atoms with Crippen molar-refractivity contribution in [2.24, 2.45) is 5.10 Å². The van der Waals surface area contributed by atoms with Gasteiger partial charge in [0.05, 0.1) is 20.4 Å². The molecule has 1 N–H and O–H groups in total. The fraction of sp³-hybridized carbons (Fsp3) is 0.188. The van der Waals surface area contributed by atoms with Crippen LogP contribution >= 0.6 is 0 Å². The quantitative estimate of drug-likeness (QED) is 0.383. The number of methoxy groups -OCH3 is 2. The van der Waals surface area contributed by atoms with Gasteiger partial charge < -0.3 is 21.9 Å². The number of carbonyl (C=O) groups is 1. The first-order valence-electron chi connectivity index (χ1n) is 6.71. The van der Waals surface area contributed by atoms with Gasteiger partial charge in [-0.2, -0.15) is 9.67 Å². The first-order valence-corrected chi connectivity index (χ1v) is 6.71. The minimum Gasteiger partial charge on any atom is -1.00 e. The molecule has 7 heteroatoms. The van der Waals surface area contributed by atoms with Crippen LogP contribution < -0.4 is 31.9 Å². The second kappa shape index (κ2) is 9.42. The first-order chi connectivity index (χ1) is 10.7. The number of benzene rings is 1. The van der Waals surface area contributed by atoms with Crippen molar-refractivity contribution < 1.29 is 31.2 Å². The Morgan fingerprint density at radius 2 is 1.96 bits per heavy atom. The van der Waals surface area contributed by atoms with Crippen LogP contribution in [0, 0.1) is 0 Å². The van der Waals surface area contributed by atoms with Crippen LogP contribution in [-0.4, -0.2) is 26.3 Å². The summed E-state index contributed by atoms with van der Waals surface area (Å²) in [6.07, 6.45) is 5.15. The second-order valence-electron chi connectivity index (χ2n) is 4.45. The Labute approximate surface area is 141 Å². The predicted molar refractivity (Wildman–Crippen MR) is 81.9 cm³/mol. The minimum absolute atomic E-state index is 0. The van der Waals surface area contributed by atoms with Gasteiger partial charge in [0.2, 0.25) is 6.54 Å². The SMILES string of the molecule is COc1ccc(OC)c(/C=N/NC(=O)C[n+]2ccccc2)c1.[Cl-]. The van der Waals surface area contributed by atoms with E-state index in [4.69, 9.17) is 9.47 Å². The zero-order valence-corrected chi connectivity index (χ0v) is 13.7. The van der Waals surface area contributed by atoms with Crippen molar-refractivity contribution in [2.75, 3.05) is 14.2 Å². The monoisotopic (exact) mass is 335 g/mol. The number of pyridine rings is 1. The van der Waals surface area contributed by atoms with Gasteiger partial charge in [-0.15, -0.1) is 0 Å². The van der Waals surface area contributed by atoms with Crippen LogP contribution in [0.3, 0.4) is 0 Å². The number of hydrogen-bond donors (Lipinski definition) is 1. The first kappa shape index (κ1) is 18.4. The van der Waals surface area contributed by atoms with Crippen molar-refractivity contribution in [2.45, 2.75) is 6.54 Å². The van der Waals surface area contributed by atoms with E-state index in [1.807, 2.05) is 30.6 Å². The summed E-state index contributed by atoms with van der Waals surface area (Å²) in [5.74, 6) is 1.12. The van der Waals surface area contributed by atoms with Gasteiger partial charge in [-0.25, -0.2) is 5.43 Å². The number of rotatable bonds is 6. The van der Waals surface area contributed by atoms with Gasteiger partial charge in [-0.3, -0.25) is 4.79 Å². The molecule has 0 aliphatic rings. The van der Waals surface area contributed by atoms with Crippen LogP contribution in [0.2, 0.25) is 0 Å². The van der Waals surface area contributed by atoms with E-state index < -0.39 is 0 Å². The zero-order chi connectivity index (χ0) is 15.8. The Hall–Kier alpha value is -2.60. The summed E-state index contributed by atoms with van der Waals surface area (Å²) >= 11 is 0. The third-order valence-corrected chi connectivity index (χ3v) is 2.93. The molecule has 1 amide bonds. The number of halogens is 1. The summed E-state index contributed by atoms with van der Waals surface area (Å²) in [4.78, 5) is 11.8. The van der Waals surface area contributed by atoms with E-state index in [2.05, 4.69) is 10.5 Å². The average molecular weight is 336 g/mol. The molecule has 0 radical (unpaired) electrons. The largest absolute Gasteiger partial charge is 1.00 e. The molecule has 0 spiro atoms. The molecule has 0 bridgehead atoms. The molecule has 122 valence electrons. The molecule has 1 aromatic heterocycles. The molecule has 23 heavy (non-hydrogen) atoms. The maximum Gasteiger partial charge on any atom is 0.305 e. The summed E-state index contributed by atoms with van der Waals surface area (Å²) in [7, 11) is 3.16. The Balaban J connectivity index is 0.00000264. The van der Waals surface area contributed by atoms with Crippen LogP contribution in [0.4, 0.5) is 0 Å². The topological polar surface area (TPSA) is 63.8 Å². The molecule has 0 aliphatic heterocycles. The molecular weight excluding hydrogens is 318 g/mol. The molecule has 0 aliphatic carbocycles. The summed E-state index contributed by atoms with van der Waals surface area (Å²) in [5.41, 5.74) is 3.20. The molecule has 0 saturated carbocycles. The number of nitrogens with zero attached hydrogens (tertiary/aromatic N) is 2. The standard InChI is InChI=1S/C16H17N3O3.ClH/c1-21-14-6-7-15(22-2)13(10-14)11-17-18-16(20)12-19-8-4-3-5-9-19;/h3-11H,12H2,1-2H3;1H/b17-11+;. The molecule has 0 unspecified atom stereocenters. The summed E-state index contributed by atoms with van der Waals surface area (Å²) < 4.78 is 12.1. The molecular formula is C16H18ClN3O3. The summed E-state index contributed by atoms with van der Waals surface area (Å²) in [6.45, 7) is 0.202. The molecule has 2 aromatic rings. The lowest BCUT2D eigenvalue weighted by Crippen LogP contribution is -3.00. The van der Waals surface area contributed by atoms with E-state index in [1.165, 1.54) is 6.21 Å². The Morgan fingerprint density at radius 1 is 1.22 bits per heavy atom. The lowest BCUT2D eigenvalue weighted by atomic mass is 10.2. The molecule has 2 rings (SSSR count). The number of aromatic nitrogens is 1. The van der Waals surface area contributed by atoms with Crippen molar-refractivity contribution in [3.63, 3.8) is 0 Å². The molecule has 0 fully saturated rings. The summed E-state index contributed by atoms with van der Waals surface area (Å²) in [5, 5.41) is 3.95. The van der Waals surface area contributed by atoms with Crippen molar-refractivity contribution in [3.8, 4) is 11.5 Å². The maximum absolute atomic E-state index is 11.8. The van der Waals surface area contributed by atoms with Crippen LogP contribution in [0.1, 0.15) is 5.56 Å². The number of nitrogens with one attached hydrogen (secondary N) is 1. The smallest absolute Gasteiger partial charge is 0.305 e. The fourth-order valence-electron chi connectivity index (χ4n) is 1.86. The van der Waals surface area contributed by atoms with E-state index >= 15 is 0 Å². The average Bonchev–Trinajstić information content (AvgIpc) is 2.55. The van der Waals surface area contributed by atoms with E-state index in [9.17, 15) is 4.79 Å². The Kier molecular flexibility index (Phi) is 7.56. The highest BCUT2D eigenvalue weighted by atomic mass is 35.5. The number of hydrazone groups is 1. The summed E-state index contributed by atoms with van der Waals surface area (Å²) in [6, 6.07) is 11.0. The van der Waals surface area contributed by atoms with Crippen LogP contribution in [0.5, 0.6) is 11.5 Å². The molecule has 6 nitrogen and oxygen atoms in total. The minimum atomic E-state index is -0.214. The van der Waals surface area contributed by atoms with Crippen LogP contribution in [0.15, 0.2) is 53.9 Å². The van der Waals surface area contributed by atoms with Crippen molar-refractivity contribution >= 4 is 12.1 Å². The van der Waals surface area contributed by atoms with Crippen LogP contribution in [0.25, 0.3) is 0 Å². The molecule has 0 saturated heterocycles. The second-order valence-corrected chi connectivity index (χ2v) is 4.45. The Morgan fingerprint density at radius 3 is 2.61 bits per heavy atom. The maximum atomic E-state index is 11.8. The number of ether oxygens (including phenoxy) is 2. The van der Waals surface area contributed by atoms with E-state index in [-0.39, 0.29) is 24.9 Å². The highest BCUT2D eigenvalue weighted by Crippen LogP contribution is 2.22. The van der Waals surface area contributed by atoms with Crippen molar-refractivity contribution in [3.05, 3.63) is 54.4 Å². The van der Waals surface area contributed by atoms with Crippen molar-refractivity contribution in [1.29, 1.82) is 0 Å². The highest BCUT2D eigenvalue weighted by Gasteiger charge is 2.07. The van der Waals surface area contributed by atoms with Gasteiger partial charge >= 0.3 is 5.91 Å². The van der Waals surface area contributed by atoms with Gasteiger partial charge in [0, 0.05) is 17.7 Å². The third kappa shape index (κ3) is 5.60. The normalized spacial score (nSPS) is 10.0. The van der Waals surface area contributed by atoms with Crippen LogP contribution in [-0.2, 0) is 11.3 Å². The van der Waals surface area contributed by atoms with Gasteiger partial charge in [-0.1, -0.05) is 6.07 Å². The van der Waals surface area contributed by atoms with E-state index in [0.29, 0.717) is 11.5 Å². The number of hydrogen-bond acceptors (Lipinski definition) is 4. The number of carbonyl (C=O) groups excluding carboxylic acids is 1. The van der Waals surface area contributed by atoms with Crippen molar-refractivity contribution in [1.82, 2.24) is 5.43 Å². The zero-order valence-electron chi connectivity index (χ0n) is 12.9. The van der Waals surface area contributed by atoms with E-state index in [1.54, 1.807) is 37.0 Å². The number of amides is 1. The highest BCUT2D eigenvalue weighted by molar-refractivity contribution is 5.85. The Bertz CT molecular complexity index is 663. The third-order valence-electron chi connectivity index (χ3n) is 2.93. The molecule has 1 heterocycles. The van der Waals surface area contributed by atoms with Gasteiger partial charge in [0.1, 0.15) is 11.5 Å². The molecule has 1 aromatic carbocycles. The van der Waals surface area contributed by atoms with Gasteiger partial charge in [-0.05, 0) is 18.2 Å².